The van der Waals surface area contributed by atoms with Crippen molar-refractivity contribution in [2.45, 2.75) is 180 Å². The van der Waals surface area contributed by atoms with Gasteiger partial charge in [-0.05, 0) is 70.6 Å². The first-order valence-electron chi connectivity index (χ1n) is 22.3. The molecule has 8 nitrogen and oxygen atoms in total. The van der Waals surface area contributed by atoms with Crippen molar-refractivity contribution in [1.29, 1.82) is 0 Å². The summed E-state index contributed by atoms with van der Waals surface area (Å²) in [5.74, 6) is -0.218. The largest absolute Gasteiger partial charge is 0.756 e. The van der Waals surface area contributed by atoms with Crippen molar-refractivity contribution in [3.8, 4) is 0 Å². The van der Waals surface area contributed by atoms with Gasteiger partial charge in [-0.25, -0.2) is 0 Å². The Balaban J connectivity index is 4.34. The monoisotopic (exact) mass is 805 g/mol. The Bertz CT molecular complexity index is 1140. The molecule has 0 aliphatic carbocycles. The van der Waals surface area contributed by atoms with E-state index in [9.17, 15) is 19.4 Å². The van der Waals surface area contributed by atoms with Crippen LogP contribution in [0.3, 0.4) is 0 Å². The number of quaternary nitrogens is 1. The number of allylic oxidation sites excluding steroid dienone is 11. The lowest BCUT2D eigenvalue weighted by Gasteiger charge is -2.29. The average Bonchev–Trinajstić information content (AvgIpc) is 3.15. The number of phosphoric acid groups is 1. The van der Waals surface area contributed by atoms with Crippen molar-refractivity contribution in [2.24, 2.45) is 0 Å². The summed E-state index contributed by atoms with van der Waals surface area (Å²) in [6.45, 7) is 4.46. The van der Waals surface area contributed by atoms with Gasteiger partial charge in [-0.3, -0.25) is 9.36 Å². The zero-order valence-corrected chi connectivity index (χ0v) is 37.5. The highest BCUT2D eigenvalue weighted by atomic mass is 31.2. The third-order valence-corrected chi connectivity index (χ3v) is 10.4. The molecular weight excluding hydrogens is 719 g/mol. The zero-order valence-electron chi connectivity index (χ0n) is 36.6. The van der Waals surface area contributed by atoms with Gasteiger partial charge in [0.15, 0.2) is 0 Å². The van der Waals surface area contributed by atoms with Crippen LogP contribution in [0.25, 0.3) is 0 Å². The van der Waals surface area contributed by atoms with Crippen LogP contribution in [-0.2, 0) is 18.4 Å². The summed E-state index contributed by atoms with van der Waals surface area (Å²) < 4.78 is 23.1. The molecule has 3 atom stereocenters. The minimum absolute atomic E-state index is 0.0106. The molecule has 0 aliphatic rings. The molecule has 2 N–H and O–H groups in total. The molecule has 0 radical (unpaired) electrons. The fourth-order valence-electron chi connectivity index (χ4n) is 5.86. The number of aliphatic hydroxyl groups is 1. The van der Waals surface area contributed by atoms with Gasteiger partial charge in [0.1, 0.15) is 13.2 Å². The molecule has 0 bridgehead atoms. The van der Waals surface area contributed by atoms with E-state index in [2.05, 4.69) is 79.9 Å². The first-order chi connectivity index (χ1) is 27.0. The first kappa shape index (κ1) is 53.9. The molecule has 0 rings (SSSR count). The maximum atomic E-state index is 12.8. The van der Waals surface area contributed by atoms with Crippen LogP contribution in [0.2, 0.25) is 0 Å². The fraction of sp³-hybridized carbons (Fsp3) is 0.723. The molecule has 0 aromatic rings. The average molecular weight is 805 g/mol. The number of unbranched alkanes of at least 4 members (excludes halogenated alkanes) is 16. The lowest BCUT2D eigenvalue weighted by molar-refractivity contribution is -0.870. The number of amides is 1. The second kappa shape index (κ2) is 38.5. The Kier molecular flexibility index (Phi) is 37.0. The second-order valence-corrected chi connectivity index (χ2v) is 17.4. The lowest BCUT2D eigenvalue weighted by atomic mass is 10.0. The molecule has 0 aromatic heterocycles. The smallest absolute Gasteiger partial charge is 0.268 e. The van der Waals surface area contributed by atoms with Gasteiger partial charge < -0.3 is 28.8 Å². The number of carbonyl (C=O) groups is 1. The molecule has 0 aromatic carbocycles. The van der Waals surface area contributed by atoms with Crippen LogP contribution >= 0.6 is 7.82 Å². The Morgan fingerprint density at radius 3 is 1.66 bits per heavy atom. The standard InChI is InChI=1S/C47H85N2O6P/c1-6-8-10-12-14-16-18-19-20-21-22-23-24-25-26-27-28-29-31-33-35-37-39-41-47(51)48-45(44-55-56(52,53)54-43-42-49(3,4)5)46(50)40-38-36-34-32-30-17-15-13-11-9-7-2/h8,10,14,16,19-20,22-23,30,32,38,40,45-46,50H,6-7,9,11-13,15,17-18,21,24-29,31,33-37,39,41-44H2,1-5H3,(H-,48,51,52,53)/b10-8-,16-14-,20-19-,23-22-,32-30+,40-38+. The van der Waals surface area contributed by atoms with Gasteiger partial charge >= 0.3 is 0 Å². The molecule has 0 saturated heterocycles. The van der Waals surface area contributed by atoms with Crippen molar-refractivity contribution in [1.82, 2.24) is 5.32 Å². The predicted molar refractivity (Wildman–Crippen MR) is 237 cm³/mol. The molecule has 0 aliphatic heterocycles. The Labute approximate surface area is 344 Å². The second-order valence-electron chi connectivity index (χ2n) is 16.0. The van der Waals surface area contributed by atoms with Gasteiger partial charge in [0.2, 0.25) is 5.91 Å². The molecule has 324 valence electrons. The summed E-state index contributed by atoms with van der Waals surface area (Å²) in [5, 5.41) is 13.7. The summed E-state index contributed by atoms with van der Waals surface area (Å²) in [6.07, 6.45) is 51.0. The van der Waals surface area contributed by atoms with Gasteiger partial charge in [-0.2, -0.15) is 0 Å². The van der Waals surface area contributed by atoms with Crippen LogP contribution in [0.5, 0.6) is 0 Å². The number of nitrogens with zero attached hydrogens (tertiary/aromatic N) is 1. The lowest BCUT2D eigenvalue weighted by Crippen LogP contribution is -2.45. The van der Waals surface area contributed by atoms with Gasteiger partial charge in [-0.1, -0.05) is 164 Å². The van der Waals surface area contributed by atoms with Crippen molar-refractivity contribution in [3.63, 3.8) is 0 Å². The third-order valence-electron chi connectivity index (χ3n) is 9.40. The molecule has 0 spiro atoms. The Morgan fingerprint density at radius 1 is 0.643 bits per heavy atom. The van der Waals surface area contributed by atoms with Crippen LogP contribution in [0, 0.1) is 0 Å². The number of hydrogen-bond acceptors (Lipinski definition) is 6. The van der Waals surface area contributed by atoms with E-state index in [-0.39, 0.29) is 12.5 Å². The van der Waals surface area contributed by atoms with E-state index >= 15 is 0 Å². The number of nitrogens with one attached hydrogen (secondary N) is 1. The van der Waals surface area contributed by atoms with E-state index < -0.39 is 26.6 Å². The summed E-state index contributed by atoms with van der Waals surface area (Å²) in [5.41, 5.74) is 0. The van der Waals surface area contributed by atoms with E-state index in [1.54, 1.807) is 6.08 Å². The summed E-state index contributed by atoms with van der Waals surface area (Å²) >= 11 is 0. The highest BCUT2D eigenvalue weighted by molar-refractivity contribution is 7.45. The van der Waals surface area contributed by atoms with Crippen molar-refractivity contribution < 1.29 is 32.9 Å². The van der Waals surface area contributed by atoms with Crippen LogP contribution in [-0.4, -0.2) is 68.5 Å². The minimum Gasteiger partial charge on any atom is -0.756 e. The maximum Gasteiger partial charge on any atom is 0.268 e. The number of phosphoric ester groups is 1. The summed E-state index contributed by atoms with van der Waals surface area (Å²) in [7, 11) is 1.23. The SMILES string of the molecule is CC/C=C\C/C=C\C/C=C\C/C=C\CCCCCCCCCCCCC(=O)NC(COP(=O)([O-])OCC[N+](C)(C)C)C(O)/C=C/CC/C=C/CCCCCCC. The summed E-state index contributed by atoms with van der Waals surface area (Å²) in [4.78, 5) is 25.3. The summed E-state index contributed by atoms with van der Waals surface area (Å²) in [6, 6.07) is -0.907. The Hall–Kier alpha value is -2.06. The first-order valence-corrected chi connectivity index (χ1v) is 23.8. The molecule has 3 unspecified atom stereocenters. The predicted octanol–water partition coefficient (Wildman–Crippen LogP) is 11.8. The Morgan fingerprint density at radius 2 is 1.11 bits per heavy atom. The number of aliphatic hydroxyl groups excluding tert-OH is 1. The quantitative estimate of drug-likeness (QED) is 0.0277. The van der Waals surface area contributed by atoms with Crippen LogP contribution in [0.4, 0.5) is 0 Å². The van der Waals surface area contributed by atoms with Crippen LogP contribution in [0.1, 0.15) is 168 Å². The number of likely N-dealkylation sites (N-methyl/N-ethyl adjacent to an activating group) is 1. The molecule has 0 heterocycles. The van der Waals surface area contributed by atoms with E-state index in [4.69, 9.17) is 9.05 Å². The molecular formula is C47H85N2O6P. The maximum absolute atomic E-state index is 12.8. The molecule has 0 saturated carbocycles. The van der Waals surface area contributed by atoms with Gasteiger partial charge in [0, 0.05) is 6.42 Å². The molecule has 0 fully saturated rings. The number of hydrogen-bond donors (Lipinski definition) is 2. The number of carbonyl (C=O) groups excluding carboxylic acids is 1. The topological polar surface area (TPSA) is 108 Å². The zero-order chi connectivity index (χ0) is 41.4. The van der Waals surface area contributed by atoms with E-state index in [0.717, 1.165) is 70.6 Å². The molecule has 9 heteroatoms. The van der Waals surface area contributed by atoms with E-state index in [1.165, 1.54) is 77.0 Å². The van der Waals surface area contributed by atoms with E-state index in [1.807, 2.05) is 27.2 Å². The highest BCUT2D eigenvalue weighted by Crippen LogP contribution is 2.38. The molecule has 56 heavy (non-hydrogen) atoms. The van der Waals surface area contributed by atoms with Gasteiger partial charge in [0.25, 0.3) is 7.82 Å². The fourth-order valence-corrected chi connectivity index (χ4v) is 6.59. The van der Waals surface area contributed by atoms with Crippen LogP contribution in [0.15, 0.2) is 72.9 Å². The van der Waals surface area contributed by atoms with Gasteiger partial charge in [-0.15, -0.1) is 0 Å². The van der Waals surface area contributed by atoms with Crippen molar-refractivity contribution >= 4 is 13.7 Å². The van der Waals surface area contributed by atoms with Gasteiger partial charge in [0.05, 0.1) is 39.9 Å². The van der Waals surface area contributed by atoms with E-state index in [0.29, 0.717) is 17.4 Å². The highest BCUT2D eigenvalue weighted by Gasteiger charge is 2.23. The van der Waals surface area contributed by atoms with Crippen LogP contribution < -0.4 is 10.2 Å². The van der Waals surface area contributed by atoms with Crippen molar-refractivity contribution in [2.75, 3.05) is 40.9 Å². The minimum atomic E-state index is -4.60. The van der Waals surface area contributed by atoms with Crippen molar-refractivity contribution in [3.05, 3.63) is 72.9 Å². The normalized spacial score (nSPS) is 15.1. The number of rotatable bonds is 39. The molecule has 1 amide bonds. The third kappa shape index (κ3) is 40.1.